The van der Waals surface area contributed by atoms with Crippen LogP contribution in [0.2, 0.25) is 5.15 Å². The predicted molar refractivity (Wildman–Crippen MR) is 55.9 cm³/mol. The van der Waals surface area contributed by atoms with Crippen molar-refractivity contribution in [1.29, 1.82) is 0 Å². The summed E-state index contributed by atoms with van der Waals surface area (Å²) in [4.78, 5) is 18.2. The molecule has 1 aromatic rings. The molecule has 15 heavy (non-hydrogen) atoms. The first kappa shape index (κ1) is 11.5. The van der Waals surface area contributed by atoms with E-state index in [1.807, 2.05) is 0 Å². The van der Waals surface area contributed by atoms with Crippen LogP contribution in [0.3, 0.4) is 0 Å². The van der Waals surface area contributed by atoms with E-state index >= 15 is 0 Å². The zero-order valence-electron chi connectivity index (χ0n) is 8.16. The summed E-state index contributed by atoms with van der Waals surface area (Å²) in [6, 6.07) is 0. The molecule has 82 valence electrons. The summed E-state index contributed by atoms with van der Waals surface area (Å²) in [5.41, 5.74) is 4.99. The van der Waals surface area contributed by atoms with Crippen molar-refractivity contribution in [2.24, 2.45) is 5.73 Å². The van der Waals surface area contributed by atoms with Crippen LogP contribution in [0.5, 0.6) is 5.75 Å². The van der Waals surface area contributed by atoms with Crippen LogP contribution in [-0.2, 0) is 4.79 Å². The summed E-state index contributed by atoms with van der Waals surface area (Å²) < 4.78 is 5.00. The van der Waals surface area contributed by atoms with Crippen LogP contribution < -0.4 is 15.8 Å². The van der Waals surface area contributed by atoms with E-state index in [1.165, 1.54) is 13.4 Å². The van der Waals surface area contributed by atoms with Gasteiger partial charge in [-0.3, -0.25) is 4.79 Å². The van der Waals surface area contributed by atoms with Gasteiger partial charge in [0.15, 0.2) is 16.7 Å². The van der Waals surface area contributed by atoms with E-state index in [0.717, 1.165) is 0 Å². The fraction of sp³-hybridized carbons (Fsp3) is 0.375. The minimum atomic E-state index is -0.387. The maximum Gasteiger partial charge on any atom is 0.219 e. The Labute approximate surface area is 91.8 Å². The number of nitrogens with one attached hydrogen (secondary N) is 1. The number of anilines is 1. The smallest absolute Gasteiger partial charge is 0.219 e. The zero-order chi connectivity index (χ0) is 11.3. The van der Waals surface area contributed by atoms with Gasteiger partial charge in [0, 0.05) is 13.0 Å². The van der Waals surface area contributed by atoms with E-state index in [2.05, 4.69) is 15.3 Å². The lowest BCUT2D eigenvalue weighted by Crippen LogP contribution is -2.16. The van der Waals surface area contributed by atoms with Crippen LogP contribution in [0.1, 0.15) is 6.42 Å². The molecule has 1 heterocycles. The Balaban J connectivity index is 2.67. The van der Waals surface area contributed by atoms with Crippen LogP contribution in [-0.4, -0.2) is 29.5 Å². The molecule has 0 unspecified atom stereocenters. The molecule has 1 rings (SSSR count). The topological polar surface area (TPSA) is 90.1 Å². The predicted octanol–water partition coefficient (Wildman–Crippen LogP) is 0.426. The molecule has 0 aliphatic rings. The zero-order valence-corrected chi connectivity index (χ0v) is 8.91. The van der Waals surface area contributed by atoms with Gasteiger partial charge in [0.2, 0.25) is 5.91 Å². The van der Waals surface area contributed by atoms with Crippen molar-refractivity contribution in [2.75, 3.05) is 19.0 Å². The second-order valence-corrected chi connectivity index (χ2v) is 3.05. The van der Waals surface area contributed by atoms with Gasteiger partial charge in [-0.2, -0.15) is 0 Å². The van der Waals surface area contributed by atoms with E-state index < -0.39 is 0 Å². The average molecular weight is 231 g/mol. The molecule has 0 bridgehead atoms. The van der Waals surface area contributed by atoms with Gasteiger partial charge in [-0.15, -0.1) is 0 Å². The third-order valence-electron chi connectivity index (χ3n) is 1.63. The van der Waals surface area contributed by atoms with Gasteiger partial charge in [0.05, 0.1) is 7.11 Å². The molecular weight excluding hydrogens is 220 g/mol. The molecule has 0 spiro atoms. The number of methoxy groups -OCH3 is 1. The number of ether oxygens (including phenoxy) is 1. The van der Waals surface area contributed by atoms with Gasteiger partial charge in [-0.25, -0.2) is 9.97 Å². The van der Waals surface area contributed by atoms with Crippen molar-refractivity contribution in [3.8, 4) is 5.75 Å². The van der Waals surface area contributed by atoms with E-state index in [-0.39, 0.29) is 17.5 Å². The van der Waals surface area contributed by atoms with Crippen molar-refractivity contribution in [3.63, 3.8) is 0 Å². The maximum absolute atomic E-state index is 10.5. The lowest BCUT2D eigenvalue weighted by atomic mass is 10.4. The highest BCUT2D eigenvalue weighted by Gasteiger charge is 2.09. The van der Waals surface area contributed by atoms with E-state index in [9.17, 15) is 4.79 Å². The van der Waals surface area contributed by atoms with Crippen LogP contribution in [0, 0.1) is 0 Å². The summed E-state index contributed by atoms with van der Waals surface area (Å²) in [6.45, 7) is 0.374. The Hall–Kier alpha value is -1.56. The Bertz CT molecular complexity index is 358. The van der Waals surface area contributed by atoms with Gasteiger partial charge in [-0.05, 0) is 0 Å². The lowest BCUT2D eigenvalue weighted by molar-refractivity contribution is -0.117. The first-order valence-electron chi connectivity index (χ1n) is 4.21. The molecule has 6 nitrogen and oxygen atoms in total. The van der Waals surface area contributed by atoms with Gasteiger partial charge in [0.25, 0.3) is 0 Å². The SMILES string of the molecule is COc1c(Cl)ncnc1NCCC(N)=O. The molecule has 1 aromatic heterocycles. The van der Waals surface area contributed by atoms with E-state index in [0.29, 0.717) is 18.1 Å². The molecule has 0 atom stereocenters. The number of rotatable bonds is 5. The van der Waals surface area contributed by atoms with E-state index in [4.69, 9.17) is 22.1 Å². The molecule has 1 amide bonds. The number of amides is 1. The highest BCUT2D eigenvalue weighted by Crippen LogP contribution is 2.27. The second-order valence-electron chi connectivity index (χ2n) is 2.69. The summed E-state index contributed by atoms with van der Waals surface area (Å²) in [5, 5.41) is 3.09. The monoisotopic (exact) mass is 230 g/mol. The fourth-order valence-electron chi connectivity index (χ4n) is 0.963. The minimum Gasteiger partial charge on any atom is -0.490 e. The van der Waals surface area contributed by atoms with E-state index in [1.54, 1.807) is 0 Å². The third-order valence-corrected chi connectivity index (χ3v) is 1.90. The highest BCUT2D eigenvalue weighted by atomic mass is 35.5. The van der Waals surface area contributed by atoms with Gasteiger partial charge in [0.1, 0.15) is 6.33 Å². The molecule has 0 saturated heterocycles. The molecule has 7 heteroatoms. The molecule has 0 aliphatic heterocycles. The van der Waals surface area contributed by atoms with Crippen molar-refractivity contribution in [3.05, 3.63) is 11.5 Å². The largest absolute Gasteiger partial charge is 0.490 e. The number of aromatic nitrogens is 2. The summed E-state index contributed by atoms with van der Waals surface area (Å²) >= 11 is 5.76. The number of carbonyl (C=O) groups is 1. The van der Waals surface area contributed by atoms with Gasteiger partial charge < -0.3 is 15.8 Å². The number of primary amides is 1. The molecular formula is C8H11ClN4O2. The number of hydrogen-bond acceptors (Lipinski definition) is 5. The second kappa shape index (κ2) is 5.35. The number of carbonyl (C=O) groups excluding carboxylic acids is 1. The number of nitrogens with zero attached hydrogens (tertiary/aromatic N) is 2. The van der Waals surface area contributed by atoms with Crippen LogP contribution in [0.4, 0.5) is 5.82 Å². The summed E-state index contributed by atoms with van der Waals surface area (Å²) in [7, 11) is 1.46. The molecule has 3 N–H and O–H groups in total. The molecule has 0 saturated carbocycles. The fourth-order valence-corrected chi connectivity index (χ4v) is 1.17. The minimum absolute atomic E-state index is 0.213. The Morgan fingerprint density at radius 1 is 1.67 bits per heavy atom. The van der Waals surface area contributed by atoms with Crippen LogP contribution >= 0.6 is 11.6 Å². The molecule has 0 radical (unpaired) electrons. The van der Waals surface area contributed by atoms with Crippen molar-refractivity contribution < 1.29 is 9.53 Å². The Morgan fingerprint density at radius 3 is 3.00 bits per heavy atom. The summed E-state index contributed by atoms with van der Waals surface area (Å²) in [5.74, 6) is 0.406. The third kappa shape index (κ3) is 3.25. The standard InChI is InChI=1S/C8H11ClN4O2/c1-15-6-7(9)12-4-13-8(6)11-3-2-5(10)14/h4H,2-3H2,1H3,(H2,10,14)(H,11,12,13). The molecule has 0 aromatic carbocycles. The van der Waals surface area contributed by atoms with Crippen LogP contribution in [0.15, 0.2) is 6.33 Å². The highest BCUT2D eigenvalue weighted by molar-refractivity contribution is 6.31. The quantitative estimate of drug-likeness (QED) is 0.716. The lowest BCUT2D eigenvalue weighted by Gasteiger charge is -2.09. The van der Waals surface area contributed by atoms with Gasteiger partial charge in [-0.1, -0.05) is 11.6 Å². The van der Waals surface area contributed by atoms with Crippen LogP contribution in [0.25, 0.3) is 0 Å². The number of nitrogens with two attached hydrogens (primary N) is 1. The Kier molecular flexibility index (Phi) is 4.11. The normalized spacial score (nSPS) is 9.73. The van der Waals surface area contributed by atoms with Crippen molar-refractivity contribution >= 4 is 23.3 Å². The van der Waals surface area contributed by atoms with Crippen molar-refractivity contribution in [2.45, 2.75) is 6.42 Å². The van der Waals surface area contributed by atoms with Gasteiger partial charge >= 0.3 is 0 Å². The first-order valence-corrected chi connectivity index (χ1v) is 4.59. The Morgan fingerprint density at radius 2 is 2.40 bits per heavy atom. The van der Waals surface area contributed by atoms with Crippen molar-refractivity contribution in [1.82, 2.24) is 9.97 Å². The maximum atomic E-state index is 10.5. The average Bonchev–Trinajstić information content (AvgIpc) is 2.17. The number of hydrogen-bond donors (Lipinski definition) is 2. The number of halogens is 1. The summed E-state index contributed by atoms with van der Waals surface area (Å²) in [6.07, 6.45) is 1.52. The molecule has 0 aliphatic carbocycles. The first-order chi connectivity index (χ1) is 7.15. The molecule has 0 fully saturated rings.